The molecule has 2 aromatic rings. The van der Waals surface area contributed by atoms with E-state index in [4.69, 9.17) is 4.74 Å². The molecule has 2 nitrogen and oxygen atoms in total. The van der Waals surface area contributed by atoms with Gasteiger partial charge in [-0.15, -0.1) is 23.1 Å². The van der Waals surface area contributed by atoms with Crippen LogP contribution in [-0.2, 0) is 6.54 Å². The lowest BCUT2D eigenvalue weighted by Crippen LogP contribution is -2.20. The molecule has 18 heavy (non-hydrogen) atoms. The summed E-state index contributed by atoms with van der Waals surface area (Å²) in [6.45, 7) is 2.48. The number of hydrogen-bond donors (Lipinski definition) is 1. The lowest BCUT2D eigenvalue weighted by molar-refractivity contribution is 0.313. The van der Waals surface area contributed by atoms with Crippen LogP contribution in [0.2, 0.25) is 0 Å². The number of benzene rings is 1. The largest absolute Gasteiger partial charge is 0.492 e. The van der Waals surface area contributed by atoms with Gasteiger partial charge in [0.25, 0.3) is 0 Å². The molecule has 1 heterocycles. The van der Waals surface area contributed by atoms with Crippen molar-refractivity contribution in [2.24, 2.45) is 0 Å². The molecule has 0 atom stereocenters. The molecule has 0 aliphatic carbocycles. The van der Waals surface area contributed by atoms with Gasteiger partial charge in [0.1, 0.15) is 12.4 Å². The van der Waals surface area contributed by atoms with E-state index in [2.05, 4.69) is 41.2 Å². The lowest BCUT2D eigenvalue weighted by Gasteiger charge is -2.07. The van der Waals surface area contributed by atoms with Crippen molar-refractivity contribution in [2.75, 3.05) is 19.4 Å². The summed E-state index contributed by atoms with van der Waals surface area (Å²) >= 11 is 3.52. The molecule has 0 amide bonds. The fourth-order valence-electron chi connectivity index (χ4n) is 1.54. The van der Waals surface area contributed by atoms with E-state index in [9.17, 15) is 0 Å². The topological polar surface area (TPSA) is 21.3 Å². The summed E-state index contributed by atoms with van der Waals surface area (Å²) in [5, 5.41) is 5.46. The number of ether oxygens (including phenoxy) is 1. The molecular formula is C14H17NOS2. The summed E-state index contributed by atoms with van der Waals surface area (Å²) in [6, 6.07) is 12.4. The minimum Gasteiger partial charge on any atom is -0.492 e. The zero-order valence-corrected chi connectivity index (χ0v) is 12.0. The van der Waals surface area contributed by atoms with Gasteiger partial charge in [0.2, 0.25) is 0 Å². The van der Waals surface area contributed by atoms with Crippen molar-refractivity contribution in [1.82, 2.24) is 5.32 Å². The van der Waals surface area contributed by atoms with E-state index in [0.717, 1.165) is 18.8 Å². The highest BCUT2D eigenvalue weighted by atomic mass is 32.2. The van der Waals surface area contributed by atoms with Crippen LogP contribution in [0.1, 0.15) is 4.88 Å². The first-order chi connectivity index (χ1) is 8.88. The Morgan fingerprint density at radius 3 is 2.72 bits per heavy atom. The second-order valence-electron chi connectivity index (χ2n) is 3.78. The monoisotopic (exact) mass is 279 g/mol. The summed E-state index contributed by atoms with van der Waals surface area (Å²) in [6.07, 6.45) is 2.07. The van der Waals surface area contributed by atoms with Gasteiger partial charge in [0.05, 0.1) is 0 Å². The Balaban J connectivity index is 1.62. The molecular weight excluding hydrogens is 262 g/mol. The Labute approximate surface area is 116 Å². The maximum Gasteiger partial charge on any atom is 0.119 e. The molecule has 1 aromatic carbocycles. The second-order valence-corrected chi connectivity index (χ2v) is 5.69. The summed E-state index contributed by atoms with van der Waals surface area (Å²) < 4.78 is 5.66. The zero-order chi connectivity index (χ0) is 12.6. The molecule has 1 N–H and O–H groups in total. The molecule has 96 valence electrons. The molecule has 0 aliphatic rings. The Hall–Kier alpha value is -0.970. The fourth-order valence-corrected chi connectivity index (χ4v) is 2.62. The molecule has 0 unspecified atom stereocenters. The van der Waals surface area contributed by atoms with Crippen molar-refractivity contribution in [1.29, 1.82) is 0 Å². The van der Waals surface area contributed by atoms with E-state index >= 15 is 0 Å². The maximum atomic E-state index is 5.66. The number of thiophene rings is 1. The van der Waals surface area contributed by atoms with Crippen LogP contribution in [0.5, 0.6) is 5.75 Å². The van der Waals surface area contributed by atoms with E-state index in [0.29, 0.717) is 6.61 Å². The van der Waals surface area contributed by atoms with Crippen molar-refractivity contribution >= 4 is 23.1 Å². The van der Waals surface area contributed by atoms with E-state index in [1.165, 1.54) is 9.77 Å². The Morgan fingerprint density at radius 1 is 1.22 bits per heavy atom. The quantitative estimate of drug-likeness (QED) is 0.617. The van der Waals surface area contributed by atoms with Crippen molar-refractivity contribution in [3.05, 3.63) is 46.7 Å². The third-order valence-corrected chi connectivity index (χ3v) is 4.11. The van der Waals surface area contributed by atoms with Crippen LogP contribution in [0.3, 0.4) is 0 Å². The molecule has 0 fully saturated rings. The highest BCUT2D eigenvalue weighted by Gasteiger charge is 1.95. The number of thioether (sulfide) groups is 1. The summed E-state index contributed by atoms with van der Waals surface area (Å²) in [5.74, 6) is 0.936. The van der Waals surface area contributed by atoms with Crippen LogP contribution >= 0.6 is 23.1 Å². The van der Waals surface area contributed by atoms with Gasteiger partial charge in [0.15, 0.2) is 0 Å². The highest BCUT2D eigenvalue weighted by Crippen LogP contribution is 2.18. The minimum atomic E-state index is 0.698. The first-order valence-corrected chi connectivity index (χ1v) is 7.99. The molecule has 0 saturated heterocycles. The molecule has 0 radical (unpaired) electrons. The fraction of sp³-hybridized carbons (Fsp3) is 0.286. The smallest absolute Gasteiger partial charge is 0.119 e. The number of hydrogen-bond acceptors (Lipinski definition) is 4. The Morgan fingerprint density at radius 2 is 2.06 bits per heavy atom. The number of nitrogens with one attached hydrogen (secondary N) is 1. The van der Waals surface area contributed by atoms with Gasteiger partial charge in [-0.1, -0.05) is 6.07 Å². The van der Waals surface area contributed by atoms with Gasteiger partial charge < -0.3 is 10.1 Å². The molecule has 2 rings (SSSR count). The van der Waals surface area contributed by atoms with E-state index in [1.807, 2.05) is 12.1 Å². The second kappa shape index (κ2) is 7.46. The predicted octanol–water partition coefficient (Wildman–Crippen LogP) is 3.64. The molecule has 0 saturated carbocycles. The van der Waals surface area contributed by atoms with Gasteiger partial charge >= 0.3 is 0 Å². The van der Waals surface area contributed by atoms with Gasteiger partial charge in [-0.25, -0.2) is 0 Å². The van der Waals surface area contributed by atoms with Crippen LogP contribution in [0.15, 0.2) is 46.7 Å². The van der Waals surface area contributed by atoms with Gasteiger partial charge in [-0.3, -0.25) is 0 Å². The normalized spacial score (nSPS) is 10.5. The summed E-state index contributed by atoms with van der Waals surface area (Å²) in [4.78, 5) is 2.62. The van der Waals surface area contributed by atoms with Crippen molar-refractivity contribution in [3.63, 3.8) is 0 Å². The van der Waals surface area contributed by atoms with E-state index < -0.39 is 0 Å². The first-order valence-electron chi connectivity index (χ1n) is 5.88. The Bertz CT molecular complexity index is 439. The third kappa shape index (κ3) is 4.37. The first kappa shape index (κ1) is 13.5. The zero-order valence-electron chi connectivity index (χ0n) is 10.4. The van der Waals surface area contributed by atoms with Crippen molar-refractivity contribution in [3.8, 4) is 5.75 Å². The van der Waals surface area contributed by atoms with Crippen LogP contribution < -0.4 is 10.1 Å². The van der Waals surface area contributed by atoms with Crippen LogP contribution in [0.25, 0.3) is 0 Å². The summed E-state index contributed by atoms with van der Waals surface area (Å²) in [5.41, 5.74) is 0. The molecule has 0 bridgehead atoms. The van der Waals surface area contributed by atoms with E-state index in [-0.39, 0.29) is 0 Å². The van der Waals surface area contributed by atoms with Gasteiger partial charge in [0, 0.05) is 22.9 Å². The van der Waals surface area contributed by atoms with Crippen molar-refractivity contribution in [2.45, 2.75) is 11.4 Å². The molecule has 4 heteroatoms. The molecule has 0 spiro atoms. The highest BCUT2D eigenvalue weighted by molar-refractivity contribution is 7.98. The summed E-state index contributed by atoms with van der Waals surface area (Å²) in [7, 11) is 0. The third-order valence-electron chi connectivity index (χ3n) is 2.49. The van der Waals surface area contributed by atoms with Gasteiger partial charge in [-0.05, 0) is 42.0 Å². The molecule has 0 aliphatic heterocycles. The molecule has 1 aromatic heterocycles. The number of rotatable bonds is 7. The SMILES string of the molecule is CSc1ccc(OCCNCc2cccs2)cc1. The standard InChI is InChI=1S/C14H17NOS2/c1-17-13-6-4-12(5-7-13)16-9-8-15-11-14-3-2-10-18-14/h2-7,10,15H,8-9,11H2,1H3. The van der Waals surface area contributed by atoms with Crippen LogP contribution in [-0.4, -0.2) is 19.4 Å². The van der Waals surface area contributed by atoms with Gasteiger partial charge in [-0.2, -0.15) is 0 Å². The maximum absolute atomic E-state index is 5.66. The average molecular weight is 279 g/mol. The van der Waals surface area contributed by atoms with Crippen LogP contribution in [0, 0.1) is 0 Å². The lowest BCUT2D eigenvalue weighted by atomic mass is 10.3. The van der Waals surface area contributed by atoms with E-state index in [1.54, 1.807) is 23.1 Å². The average Bonchev–Trinajstić information content (AvgIpc) is 2.92. The minimum absolute atomic E-state index is 0.698. The van der Waals surface area contributed by atoms with Crippen molar-refractivity contribution < 1.29 is 4.74 Å². The Kier molecular flexibility index (Phi) is 5.58. The predicted molar refractivity (Wildman–Crippen MR) is 79.7 cm³/mol. The van der Waals surface area contributed by atoms with Crippen LogP contribution in [0.4, 0.5) is 0 Å².